The molecule has 3 aromatic rings. The molecule has 2 aromatic carbocycles. The molecular weight excluding hydrogens is 444 g/mol. The zero-order chi connectivity index (χ0) is 24.5. The standard InChI is InChI=1S/C26H30N6O3/c1-32-8-7-15-11-22(35-2)21(10-17(15)13-32)29-26-28-12-20(24(27)34)25(31-26)30-23-18(14-33)9-16-5-3-4-6-19(16)23/h3-6,10-12,18,23,33H,7-9,13-14H2,1-2H3,(H2,27,34)(H2,28,29,30,31)/t18-,23+/m0/s1. The van der Waals surface area contributed by atoms with E-state index >= 15 is 0 Å². The van der Waals surface area contributed by atoms with E-state index in [9.17, 15) is 9.90 Å². The van der Waals surface area contributed by atoms with E-state index in [4.69, 9.17) is 10.5 Å². The van der Waals surface area contributed by atoms with Crippen LogP contribution < -0.4 is 21.1 Å². The van der Waals surface area contributed by atoms with Crippen molar-refractivity contribution < 1.29 is 14.6 Å². The van der Waals surface area contributed by atoms with E-state index in [2.05, 4.69) is 50.7 Å². The van der Waals surface area contributed by atoms with Crippen LogP contribution >= 0.6 is 0 Å². The van der Waals surface area contributed by atoms with E-state index in [0.717, 1.165) is 37.2 Å². The summed E-state index contributed by atoms with van der Waals surface area (Å²) >= 11 is 0. The number of carbonyl (C=O) groups excluding carboxylic acids is 1. The summed E-state index contributed by atoms with van der Waals surface area (Å²) in [6, 6.07) is 12.0. The van der Waals surface area contributed by atoms with Crippen LogP contribution in [0.25, 0.3) is 0 Å². The van der Waals surface area contributed by atoms with Crippen LogP contribution in [0.2, 0.25) is 0 Å². The number of aromatic nitrogens is 2. The average Bonchev–Trinajstić information content (AvgIpc) is 3.21. The zero-order valence-electron chi connectivity index (χ0n) is 19.9. The number of anilines is 3. The monoisotopic (exact) mass is 474 g/mol. The number of aliphatic hydroxyl groups is 1. The highest BCUT2D eigenvalue weighted by molar-refractivity contribution is 5.97. The molecule has 9 nitrogen and oxygen atoms in total. The van der Waals surface area contributed by atoms with Gasteiger partial charge in [-0.2, -0.15) is 4.98 Å². The molecule has 9 heteroatoms. The number of nitrogens with zero attached hydrogens (tertiary/aromatic N) is 3. The number of nitrogens with one attached hydrogen (secondary N) is 2. The van der Waals surface area contributed by atoms with Crippen LogP contribution in [0.5, 0.6) is 5.75 Å². The first kappa shape index (κ1) is 23.1. The first-order valence-electron chi connectivity index (χ1n) is 11.7. The molecule has 5 N–H and O–H groups in total. The van der Waals surface area contributed by atoms with Crippen molar-refractivity contribution in [1.29, 1.82) is 0 Å². The first-order chi connectivity index (χ1) is 17.0. The van der Waals surface area contributed by atoms with Crippen LogP contribution in [-0.4, -0.2) is 53.2 Å². The Kier molecular flexibility index (Phi) is 6.27. The van der Waals surface area contributed by atoms with Crippen molar-refractivity contribution in [2.75, 3.05) is 37.9 Å². The van der Waals surface area contributed by atoms with Crippen LogP contribution in [0.4, 0.5) is 17.5 Å². The molecule has 2 aliphatic rings. The van der Waals surface area contributed by atoms with Crippen LogP contribution in [0, 0.1) is 5.92 Å². The largest absolute Gasteiger partial charge is 0.495 e. The fourth-order valence-corrected chi connectivity index (χ4v) is 5.04. The molecule has 0 spiro atoms. The summed E-state index contributed by atoms with van der Waals surface area (Å²) in [5.74, 6) is 0.673. The maximum absolute atomic E-state index is 12.2. The van der Waals surface area contributed by atoms with E-state index in [1.54, 1.807) is 7.11 Å². The highest BCUT2D eigenvalue weighted by Gasteiger charge is 2.33. The van der Waals surface area contributed by atoms with Gasteiger partial charge in [0, 0.05) is 31.8 Å². The zero-order valence-corrected chi connectivity index (χ0v) is 19.9. The van der Waals surface area contributed by atoms with Crippen LogP contribution in [-0.2, 0) is 19.4 Å². The number of ether oxygens (including phenoxy) is 1. The highest BCUT2D eigenvalue weighted by atomic mass is 16.5. The van der Waals surface area contributed by atoms with Gasteiger partial charge in [-0.25, -0.2) is 4.98 Å². The molecule has 2 atom stereocenters. The Morgan fingerprint density at radius 3 is 2.86 bits per heavy atom. The minimum atomic E-state index is -0.625. The first-order valence-corrected chi connectivity index (χ1v) is 11.7. The van der Waals surface area contributed by atoms with Gasteiger partial charge < -0.3 is 31.1 Å². The fourth-order valence-electron chi connectivity index (χ4n) is 5.04. The third kappa shape index (κ3) is 4.52. The molecule has 35 heavy (non-hydrogen) atoms. The topological polar surface area (TPSA) is 126 Å². The van der Waals surface area contributed by atoms with E-state index in [0.29, 0.717) is 17.5 Å². The minimum Gasteiger partial charge on any atom is -0.495 e. The number of rotatable bonds is 7. The number of hydrogen-bond donors (Lipinski definition) is 4. The Morgan fingerprint density at radius 1 is 1.26 bits per heavy atom. The third-order valence-corrected chi connectivity index (χ3v) is 6.90. The summed E-state index contributed by atoms with van der Waals surface area (Å²) < 4.78 is 5.63. The second kappa shape index (κ2) is 9.52. The normalized spacial score (nSPS) is 19.1. The molecule has 5 rings (SSSR count). The number of likely N-dealkylation sites (N-methyl/N-ethyl adjacent to an activating group) is 1. The smallest absolute Gasteiger partial charge is 0.254 e. The number of amides is 1. The van der Waals surface area contributed by atoms with Crippen molar-refractivity contribution in [1.82, 2.24) is 14.9 Å². The summed E-state index contributed by atoms with van der Waals surface area (Å²) in [7, 11) is 3.74. The second-order valence-corrected chi connectivity index (χ2v) is 9.22. The maximum Gasteiger partial charge on any atom is 0.254 e. The van der Waals surface area contributed by atoms with Gasteiger partial charge in [0.15, 0.2) is 0 Å². The second-order valence-electron chi connectivity index (χ2n) is 9.22. The summed E-state index contributed by atoms with van der Waals surface area (Å²) in [6.07, 6.45) is 3.13. The summed E-state index contributed by atoms with van der Waals surface area (Å²) in [5.41, 5.74) is 11.3. The molecule has 0 saturated heterocycles. The van der Waals surface area contributed by atoms with Crippen molar-refractivity contribution in [2.24, 2.45) is 11.7 Å². The van der Waals surface area contributed by atoms with E-state index in [-0.39, 0.29) is 24.1 Å². The maximum atomic E-state index is 12.2. The predicted octanol–water partition coefficient (Wildman–Crippen LogP) is 2.63. The lowest BCUT2D eigenvalue weighted by atomic mass is 9.99. The van der Waals surface area contributed by atoms with Gasteiger partial charge in [-0.3, -0.25) is 4.79 Å². The van der Waals surface area contributed by atoms with Crippen molar-refractivity contribution in [3.8, 4) is 5.75 Å². The molecule has 0 bridgehead atoms. The molecule has 1 aliphatic heterocycles. The van der Waals surface area contributed by atoms with Crippen molar-refractivity contribution in [3.63, 3.8) is 0 Å². The Balaban J connectivity index is 1.48. The van der Waals surface area contributed by atoms with Crippen molar-refractivity contribution >= 4 is 23.4 Å². The number of primary amides is 1. The Hall–Kier alpha value is -3.69. The van der Waals surface area contributed by atoms with Gasteiger partial charge in [0.2, 0.25) is 5.95 Å². The predicted molar refractivity (Wildman–Crippen MR) is 134 cm³/mol. The summed E-state index contributed by atoms with van der Waals surface area (Å²) in [4.78, 5) is 23.4. The number of benzene rings is 2. The molecule has 2 heterocycles. The third-order valence-electron chi connectivity index (χ3n) is 6.90. The molecule has 1 aromatic heterocycles. The van der Waals surface area contributed by atoms with Gasteiger partial charge in [0.1, 0.15) is 11.6 Å². The molecule has 1 amide bonds. The summed E-state index contributed by atoms with van der Waals surface area (Å²) in [6.45, 7) is 1.87. The summed E-state index contributed by atoms with van der Waals surface area (Å²) in [5, 5.41) is 16.6. The van der Waals surface area contributed by atoms with Crippen LogP contribution in [0.15, 0.2) is 42.6 Å². The van der Waals surface area contributed by atoms with Gasteiger partial charge >= 0.3 is 0 Å². The molecular formula is C26H30N6O3. The van der Waals surface area contributed by atoms with Gasteiger partial charge in [0.05, 0.1) is 24.4 Å². The Morgan fingerprint density at radius 2 is 2.09 bits per heavy atom. The van der Waals surface area contributed by atoms with E-state index in [1.807, 2.05) is 18.2 Å². The average molecular weight is 475 g/mol. The van der Waals surface area contributed by atoms with Gasteiger partial charge in [-0.1, -0.05) is 24.3 Å². The van der Waals surface area contributed by atoms with Crippen LogP contribution in [0.3, 0.4) is 0 Å². The lowest BCUT2D eigenvalue weighted by Gasteiger charge is -2.26. The number of aliphatic hydroxyl groups excluding tert-OH is 1. The van der Waals surface area contributed by atoms with Gasteiger partial charge in [-0.15, -0.1) is 0 Å². The number of fused-ring (bicyclic) bond motifs is 2. The molecule has 0 unspecified atom stereocenters. The molecule has 0 saturated carbocycles. The quantitative estimate of drug-likeness (QED) is 0.412. The molecule has 182 valence electrons. The molecule has 0 fully saturated rings. The number of nitrogens with two attached hydrogens (primary N) is 1. The van der Waals surface area contributed by atoms with Crippen molar-refractivity contribution in [3.05, 3.63) is 70.4 Å². The van der Waals surface area contributed by atoms with Crippen LogP contribution in [0.1, 0.15) is 38.7 Å². The fraction of sp³-hybridized carbons (Fsp3) is 0.346. The Bertz CT molecular complexity index is 1260. The molecule has 1 aliphatic carbocycles. The number of hydrogen-bond acceptors (Lipinski definition) is 8. The SMILES string of the molecule is COc1cc2c(cc1Nc1ncc(C(N)=O)c(N[C@H]3c4ccccc4C[C@H]3CO)n1)CN(C)CC2. The van der Waals surface area contributed by atoms with Gasteiger partial charge in [0.25, 0.3) is 5.91 Å². The van der Waals surface area contributed by atoms with Crippen molar-refractivity contribution in [2.45, 2.75) is 25.4 Å². The Labute approximate surface area is 204 Å². The highest BCUT2D eigenvalue weighted by Crippen LogP contribution is 2.39. The molecule has 0 radical (unpaired) electrons. The minimum absolute atomic E-state index is 0.00914. The lowest BCUT2D eigenvalue weighted by Crippen LogP contribution is -2.26. The number of methoxy groups -OCH3 is 1. The van der Waals surface area contributed by atoms with Gasteiger partial charge in [-0.05, 0) is 54.3 Å². The number of carbonyl (C=O) groups is 1. The lowest BCUT2D eigenvalue weighted by molar-refractivity contribution is 0.100. The van der Waals surface area contributed by atoms with E-state index in [1.165, 1.54) is 22.9 Å². The van der Waals surface area contributed by atoms with E-state index < -0.39 is 5.91 Å².